The van der Waals surface area contributed by atoms with Crippen molar-refractivity contribution in [3.63, 3.8) is 0 Å². The molecule has 2 aliphatic heterocycles. The quantitative estimate of drug-likeness (QED) is 0.413. The molecule has 1 fully saturated rings. The number of alkyl halides is 6. The number of rotatable bonds is 1. The predicted molar refractivity (Wildman–Crippen MR) is 123 cm³/mol. The van der Waals surface area contributed by atoms with E-state index in [0.717, 1.165) is 12.1 Å². The van der Waals surface area contributed by atoms with Gasteiger partial charge in [0.2, 0.25) is 0 Å². The second kappa shape index (κ2) is 9.84. The lowest BCUT2D eigenvalue weighted by Gasteiger charge is -2.47. The van der Waals surface area contributed by atoms with Crippen LogP contribution in [0.3, 0.4) is 0 Å². The summed E-state index contributed by atoms with van der Waals surface area (Å²) < 4.78 is 83.4. The number of fused-ring (bicyclic) bond motifs is 4. The summed E-state index contributed by atoms with van der Waals surface area (Å²) in [6, 6.07) is 8.73. The predicted octanol–water partition coefficient (Wildman–Crippen LogP) is 5.12. The monoisotopic (exact) mass is 566 g/mol. The average Bonchev–Trinajstić information content (AvgIpc) is 3.21. The molecule has 7 nitrogen and oxygen atoms in total. The fourth-order valence-corrected chi connectivity index (χ4v) is 5.21. The van der Waals surface area contributed by atoms with Gasteiger partial charge in [-0.15, -0.1) is 0 Å². The van der Waals surface area contributed by atoms with Gasteiger partial charge in [-0.3, -0.25) is 0 Å². The van der Waals surface area contributed by atoms with Gasteiger partial charge in [0.15, 0.2) is 0 Å². The zero-order chi connectivity index (χ0) is 28.0. The summed E-state index contributed by atoms with van der Waals surface area (Å²) in [5.74, 6) is -2.32. The van der Waals surface area contributed by atoms with Crippen LogP contribution in [0.2, 0.25) is 5.02 Å². The fraction of sp³-hybridized carbons (Fsp3) is 0.417. The Bertz CT molecular complexity index is 1270. The molecule has 0 radical (unpaired) electrons. The van der Waals surface area contributed by atoms with E-state index in [2.05, 4.69) is 4.99 Å². The number of hydrogen-bond donors (Lipinski definition) is 3. The number of carboxylic acids is 1. The van der Waals surface area contributed by atoms with Crippen LogP contribution in [-0.4, -0.2) is 47.2 Å². The van der Waals surface area contributed by atoms with Crippen molar-refractivity contribution in [1.29, 1.82) is 0 Å². The third-order valence-electron chi connectivity index (χ3n) is 6.65. The maximum atomic E-state index is 13.3. The Morgan fingerprint density at radius 2 is 1.76 bits per heavy atom. The number of hydrogen-bond acceptors (Lipinski definition) is 6. The molecule has 2 aromatic carbocycles. The molecule has 38 heavy (non-hydrogen) atoms. The summed E-state index contributed by atoms with van der Waals surface area (Å²) in [7, 11) is 0. The second-order valence-corrected chi connectivity index (χ2v) is 9.57. The Morgan fingerprint density at radius 1 is 1.08 bits per heavy atom. The van der Waals surface area contributed by atoms with Crippen molar-refractivity contribution in [2.24, 2.45) is 16.6 Å². The molecule has 1 saturated carbocycles. The number of aliphatic hydroxyl groups excluding tert-OH is 1. The summed E-state index contributed by atoms with van der Waals surface area (Å²) in [5.41, 5.74) is 5.77. The highest BCUT2D eigenvalue weighted by molar-refractivity contribution is 6.31. The fourth-order valence-electron chi connectivity index (χ4n) is 4.97. The smallest absolute Gasteiger partial charge is 0.490 e. The van der Waals surface area contributed by atoms with Crippen LogP contribution in [-0.2, 0) is 21.2 Å². The molecule has 5 rings (SSSR count). The van der Waals surface area contributed by atoms with Gasteiger partial charge >= 0.3 is 18.3 Å². The maximum absolute atomic E-state index is 13.3. The first kappa shape index (κ1) is 27.8. The van der Waals surface area contributed by atoms with Crippen molar-refractivity contribution in [2.45, 2.75) is 49.4 Å². The Labute approximate surface area is 216 Å². The van der Waals surface area contributed by atoms with Gasteiger partial charge < -0.3 is 25.4 Å². The van der Waals surface area contributed by atoms with Gasteiger partial charge in [-0.25, -0.2) is 9.79 Å². The van der Waals surface area contributed by atoms with Gasteiger partial charge in [0.25, 0.3) is 6.02 Å². The molecule has 14 heteroatoms. The molecule has 1 unspecified atom stereocenters. The molecule has 2 heterocycles. The summed E-state index contributed by atoms with van der Waals surface area (Å²) in [6.07, 6.45) is -8.44. The molecule has 2 aromatic rings. The van der Waals surface area contributed by atoms with Gasteiger partial charge in [-0.2, -0.15) is 26.3 Å². The van der Waals surface area contributed by atoms with Gasteiger partial charge in [0.1, 0.15) is 24.0 Å². The van der Waals surface area contributed by atoms with E-state index in [4.69, 9.17) is 36.7 Å². The SMILES string of the molecule is NC1=NC2(CO1)c1cc(-c3cc(Cl)cc(C(F)(F)F)c3)ccc1O[C@H]1CC[C@H](O)C[C@@H]12.O=C(O)C(F)(F)F. The first-order valence-corrected chi connectivity index (χ1v) is 11.6. The van der Waals surface area contributed by atoms with E-state index in [0.29, 0.717) is 41.7 Å². The first-order chi connectivity index (χ1) is 17.6. The number of carbonyl (C=O) groups is 1. The summed E-state index contributed by atoms with van der Waals surface area (Å²) in [4.78, 5) is 13.5. The van der Waals surface area contributed by atoms with E-state index in [1.807, 2.05) is 0 Å². The Balaban J connectivity index is 0.000000426. The first-order valence-electron chi connectivity index (χ1n) is 11.3. The van der Waals surface area contributed by atoms with Crippen LogP contribution in [0.5, 0.6) is 5.75 Å². The van der Waals surface area contributed by atoms with Crippen LogP contribution in [0.4, 0.5) is 26.3 Å². The summed E-state index contributed by atoms with van der Waals surface area (Å²) in [5, 5.41) is 17.4. The van der Waals surface area contributed by atoms with Crippen LogP contribution in [0.15, 0.2) is 41.4 Å². The number of ether oxygens (including phenoxy) is 2. The largest absolute Gasteiger partial charge is 0.490 e. The van der Waals surface area contributed by atoms with Crippen molar-refractivity contribution < 1.29 is 50.8 Å². The van der Waals surface area contributed by atoms with Gasteiger partial charge in [-0.1, -0.05) is 17.7 Å². The molecule has 4 N–H and O–H groups in total. The summed E-state index contributed by atoms with van der Waals surface area (Å²) in [6.45, 7) is 0.190. The van der Waals surface area contributed by atoms with Crippen LogP contribution < -0.4 is 10.5 Å². The maximum Gasteiger partial charge on any atom is 0.490 e. The molecule has 0 aromatic heterocycles. The van der Waals surface area contributed by atoms with Crippen molar-refractivity contribution >= 4 is 23.6 Å². The summed E-state index contributed by atoms with van der Waals surface area (Å²) >= 11 is 5.99. The molecule has 0 saturated heterocycles. The highest BCUT2D eigenvalue weighted by Gasteiger charge is 2.55. The number of aliphatic carboxylic acids is 1. The van der Waals surface area contributed by atoms with Crippen molar-refractivity contribution in [3.8, 4) is 16.9 Å². The van der Waals surface area contributed by atoms with Crippen molar-refractivity contribution in [1.82, 2.24) is 0 Å². The minimum atomic E-state index is -5.08. The number of aliphatic imine (C=N–C) groups is 1. The van der Waals surface area contributed by atoms with E-state index in [-0.39, 0.29) is 29.7 Å². The Morgan fingerprint density at radius 3 is 2.34 bits per heavy atom. The average molecular weight is 567 g/mol. The lowest BCUT2D eigenvalue weighted by molar-refractivity contribution is -0.192. The minimum absolute atomic E-state index is 0.00422. The van der Waals surface area contributed by atoms with E-state index in [1.54, 1.807) is 18.2 Å². The molecule has 1 aliphatic carbocycles. The number of benzene rings is 2. The van der Waals surface area contributed by atoms with Crippen molar-refractivity contribution in [2.75, 3.05) is 6.61 Å². The molecular weight excluding hydrogens is 546 g/mol. The van der Waals surface area contributed by atoms with Gasteiger partial charge in [-0.05, 0) is 60.7 Å². The zero-order valence-corrected chi connectivity index (χ0v) is 20.1. The lowest BCUT2D eigenvalue weighted by Crippen LogP contribution is -2.51. The van der Waals surface area contributed by atoms with Crippen LogP contribution in [0, 0.1) is 5.92 Å². The van der Waals surface area contributed by atoms with Gasteiger partial charge in [0.05, 0.1) is 11.7 Å². The standard InChI is InChI=1S/C22H20ClF3N2O3.C2HF3O2/c23-14-6-12(5-13(8-14)22(24,25)26)11-1-3-18-16(7-11)21(10-30-20(27)28-21)17-9-15(29)2-4-19(17)31-18;3-2(4,5)1(6)7/h1,3,5-8,15,17,19,29H,2,4,9-10H2,(H2,27,28);(H,6,7)/t15-,17-,19-,21?;/m0./s1. The van der Waals surface area contributed by atoms with E-state index >= 15 is 0 Å². The Kier molecular flexibility index (Phi) is 7.21. The molecule has 206 valence electrons. The number of amidine groups is 1. The number of carboxylic acid groups (broad SMARTS) is 1. The normalized spacial score (nSPS) is 26.2. The highest BCUT2D eigenvalue weighted by atomic mass is 35.5. The van der Waals surface area contributed by atoms with Gasteiger partial charge in [0, 0.05) is 16.5 Å². The van der Waals surface area contributed by atoms with Crippen molar-refractivity contribution in [3.05, 3.63) is 52.5 Å². The molecule has 0 bridgehead atoms. The zero-order valence-electron chi connectivity index (χ0n) is 19.3. The van der Waals surface area contributed by atoms with E-state index in [1.165, 1.54) is 6.07 Å². The molecule has 3 aliphatic rings. The number of nitrogens with zero attached hydrogens (tertiary/aromatic N) is 1. The lowest BCUT2D eigenvalue weighted by atomic mass is 9.67. The highest BCUT2D eigenvalue weighted by Crippen LogP contribution is 2.53. The number of aliphatic hydroxyl groups is 1. The molecule has 0 amide bonds. The Hall–Kier alpha value is -3.19. The van der Waals surface area contributed by atoms with Crippen LogP contribution >= 0.6 is 11.6 Å². The topological polar surface area (TPSA) is 114 Å². The van der Waals surface area contributed by atoms with E-state index in [9.17, 15) is 31.4 Å². The third kappa shape index (κ3) is 5.48. The second-order valence-electron chi connectivity index (χ2n) is 9.13. The van der Waals surface area contributed by atoms with Crippen LogP contribution in [0.1, 0.15) is 30.4 Å². The molecule has 4 atom stereocenters. The molecular formula is C24H21ClF6N2O5. The molecule has 1 spiro atoms. The van der Waals surface area contributed by atoms with Crippen LogP contribution in [0.25, 0.3) is 11.1 Å². The number of halogens is 7. The number of nitrogens with two attached hydrogens (primary N) is 1. The third-order valence-corrected chi connectivity index (χ3v) is 6.87. The van der Waals surface area contributed by atoms with E-state index < -0.39 is 35.5 Å². The minimum Gasteiger partial charge on any atom is -0.490 e.